The lowest BCUT2D eigenvalue weighted by molar-refractivity contribution is -0.140. The standard InChI is InChI=1S/C8H11NO5S/c1-2-6(10)9-5(8(13)14)3-15-4-7(11)12/h2,5H,1,3-4H2,(H,9,10)(H,11,12)(H,13,14). The Hall–Kier alpha value is -1.50. The molecule has 84 valence electrons. The first-order valence-corrected chi connectivity index (χ1v) is 5.08. The highest BCUT2D eigenvalue weighted by Gasteiger charge is 2.18. The summed E-state index contributed by atoms with van der Waals surface area (Å²) in [5.41, 5.74) is 0. The lowest BCUT2D eigenvalue weighted by Gasteiger charge is -2.11. The zero-order chi connectivity index (χ0) is 11.8. The molecule has 7 heteroatoms. The first kappa shape index (κ1) is 13.5. The molecule has 0 bridgehead atoms. The number of carbonyl (C=O) groups excluding carboxylic acids is 1. The van der Waals surface area contributed by atoms with E-state index in [-0.39, 0.29) is 11.5 Å². The number of hydrogen-bond donors (Lipinski definition) is 3. The van der Waals surface area contributed by atoms with Crippen LogP contribution in [0.2, 0.25) is 0 Å². The third-order valence-electron chi connectivity index (χ3n) is 1.31. The summed E-state index contributed by atoms with van der Waals surface area (Å²) >= 11 is 0.921. The van der Waals surface area contributed by atoms with Gasteiger partial charge in [-0.2, -0.15) is 0 Å². The van der Waals surface area contributed by atoms with Crippen molar-refractivity contribution in [3.63, 3.8) is 0 Å². The second-order valence-corrected chi connectivity index (χ2v) is 3.54. The molecule has 15 heavy (non-hydrogen) atoms. The summed E-state index contributed by atoms with van der Waals surface area (Å²) in [6.07, 6.45) is 0.956. The summed E-state index contributed by atoms with van der Waals surface area (Å²) in [4.78, 5) is 31.6. The molecule has 1 amide bonds. The van der Waals surface area contributed by atoms with Gasteiger partial charge in [-0.1, -0.05) is 6.58 Å². The van der Waals surface area contributed by atoms with Crippen LogP contribution in [0.15, 0.2) is 12.7 Å². The van der Waals surface area contributed by atoms with E-state index in [9.17, 15) is 14.4 Å². The Labute approximate surface area is 90.4 Å². The van der Waals surface area contributed by atoms with Crippen LogP contribution in [0.3, 0.4) is 0 Å². The molecule has 0 spiro atoms. The van der Waals surface area contributed by atoms with E-state index in [1.54, 1.807) is 0 Å². The smallest absolute Gasteiger partial charge is 0.327 e. The van der Waals surface area contributed by atoms with Crippen LogP contribution in [0.1, 0.15) is 0 Å². The molecule has 0 aliphatic heterocycles. The maximum atomic E-state index is 10.8. The zero-order valence-electron chi connectivity index (χ0n) is 7.80. The van der Waals surface area contributed by atoms with Gasteiger partial charge >= 0.3 is 11.9 Å². The molecule has 1 atom stereocenters. The average Bonchev–Trinajstić information content (AvgIpc) is 2.15. The van der Waals surface area contributed by atoms with Crippen molar-refractivity contribution >= 4 is 29.6 Å². The predicted molar refractivity (Wildman–Crippen MR) is 54.7 cm³/mol. The van der Waals surface area contributed by atoms with Crippen molar-refractivity contribution in [2.45, 2.75) is 6.04 Å². The molecule has 0 saturated carbocycles. The quantitative estimate of drug-likeness (QED) is 0.515. The van der Waals surface area contributed by atoms with Gasteiger partial charge < -0.3 is 15.5 Å². The summed E-state index contributed by atoms with van der Waals surface area (Å²) in [6.45, 7) is 3.18. The van der Waals surface area contributed by atoms with E-state index >= 15 is 0 Å². The summed E-state index contributed by atoms with van der Waals surface area (Å²) < 4.78 is 0. The lowest BCUT2D eigenvalue weighted by Crippen LogP contribution is -2.41. The van der Waals surface area contributed by atoms with Crippen molar-refractivity contribution in [1.82, 2.24) is 5.32 Å². The zero-order valence-corrected chi connectivity index (χ0v) is 8.62. The third-order valence-corrected chi connectivity index (χ3v) is 2.33. The molecule has 1 unspecified atom stereocenters. The van der Waals surface area contributed by atoms with Gasteiger partial charge in [0, 0.05) is 5.75 Å². The van der Waals surface area contributed by atoms with Crippen LogP contribution in [0.25, 0.3) is 0 Å². The van der Waals surface area contributed by atoms with E-state index in [1.165, 1.54) is 0 Å². The lowest BCUT2D eigenvalue weighted by atomic mass is 10.3. The van der Waals surface area contributed by atoms with Gasteiger partial charge in [0.1, 0.15) is 6.04 Å². The van der Waals surface area contributed by atoms with Crippen molar-refractivity contribution in [3.05, 3.63) is 12.7 Å². The highest BCUT2D eigenvalue weighted by molar-refractivity contribution is 8.00. The Morgan fingerprint density at radius 3 is 2.40 bits per heavy atom. The molecule has 6 nitrogen and oxygen atoms in total. The molecular formula is C8H11NO5S. The summed E-state index contributed by atoms with van der Waals surface area (Å²) in [5.74, 6) is -3.03. The number of carbonyl (C=O) groups is 3. The maximum absolute atomic E-state index is 10.8. The highest BCUT2D eigenvalue weighted by Crippen LogP contribution is 2.03. The van der Waals surface area contributed by atoms with Gasteiger partial charge in [0.2, 0.25) is 5.91 Å². The van der Waals surface area contributed by atoms with Crippen molar-refractivity contribution < 1.29 is 24.6 Å². The molecule has 0 rings (SSSR count). The average molecular weight is 233 g/mol. The summed E-state index contributed by atoms with van der Waals surface area (Å²) in [6, 6.07) is -1.10. The highest BCUT2D eigenvalue weighted by atomic mass is 32.2. The van der Waals surface area contributed by atoms with Crippen LogP contribution in [0, 0.1) is 0 Å². The van der Waals surface area contributed by atoms with E-state index in [2.05, 4.69) is 11.9 Å². The Morgan fingerprint density at radius 2 is 2.00 bits per heavy atom. The minimum atomic E-state index is -1.21. The monoisotopic (exact) mass is 233 g/mol. The van der Waals surface area contributed by atoms with Crippen molar-refractivity contribution in [2.24, 2.45) is 0 Å². The minimum Gasteiger partial charge on any atom is -0.481 e. The summed E-state index contributed by atoms with van der Waals surface area (Å²) in [7, 11) is 0. The van der Waals surface area contributed by atoms with E-state index in [4.69, 9.17) is 10.2 Å². The van der Waals surface area contributed by atoms with Crippen LogP contribution in [0.5, 0.6) is 0 Å². The van der Waals surface area contributed by atoms with Crippen LogP contribution in [-0.4, -0.2) is 45.6 Å². The van der Waals surface area contributed by atoms with Gasteiger partial charge in [0.05, 0.1) is 5.75 Å². The number of nitrogens with one attached hydrogen (secondary N) is 1. The van der Waals surface area contributed by atoms with Gasteiger partial charge in [0.25, 0.3) is 0 Å². The molecular weight excluding hydrogens is 222 g/mol. The molecule has 0 fully saturated rings. The van der Waals surface area contributed by atoms with E-state index in [1.807, 2.05) is 0 Å². The number of carboxylic acid groups (broad SMARTS) is 2. The minimum absolute atomic E-state index is 0.00120. The number of rotatable bonds is 7. The fourth-order valence-electron chi connectivity index (χ4n) is 0.669. The SMILES string of the molecule is C=CC(=O)NC(CSCC(=O)O)C(=O)O. The first-order valence-electron chi connectivity index (χ1n) is 3.92. The molecule has 0 aliphatic carbocycles. The van der Waals surface area contributed by atoms with E-state index in [0.717, 1.165) is 17.8 Å². The number of aliphatic carboxylic acids is 2. The number of carboxylic acids is 2. The van der Waals surface area contributed by atoms with Crippen molar-refractivity contribution in [1.29, 1.82) is 0 Å². The van der Waals surface area contributed by atoms with Crippen molar-refractivity contribution in [2.75, 3.05) is 11.5 Å². The van der Waals surface area contributed by atoms with Gasteiger partial charge in [0.15, 0.2) is 0 Å². The fourth-order valence-corrected chi connectivity index (χ4v) is 1.42. The number of thioether (sulfide) groups is 1. The summed E-state index contributed by atoms with van der Waals surface area (Å²) in [5, 5.41) is 19.2. The maximum Gasteiger partial charge on any atom is 0.327 e. The molecule has 0 saturated heterocycles. The molecule has 3 N–H and O–H groups in total. The van der Waals surface area contributed by atoms with Crippen LogP contribution >= 0.6 is 11.8 Å². The normalized spacial score (nSPS) is 11.5. The number of amides is 1. The molecule has 0 aliphatic rings. The molecule has 0 radical (unpaired) electrons. The Morgan fingerprint density at radius 1 is 1.40 bits per heavy atom. The van der Waals surface area contributed by atoms with Crippen molar-refractivity contribution in [3.8, 4) is 0 Å². The second kappa shape index (κ2) is 6.88. The van der Waals surface area contributed by atoms with Gasteiger partial charge in [-0.25, -0.2) is 4.79 Å². The molecule has 0 aromatic rings. The number of hydrogen-bond acceptors (Lipinski definition) is 4. The Balaban J connectivity index is 4.05. The largest absolute Gasteiger partial charge is 0.481 e. The van der Waals surface area contributed by atoms with Crippen LogP contribution in [0.4, 0.5) is 0 Å². The third kappa shape index (κ3) is 6.55. The van der Waals surface area contributed by atoms with E-state index in [0.29, 0.717) is 0 Å². The Kier molecular flexibility index (Phi) is 6.19. The van der Waals surface area contributed by atoms with Gasteiger partial charge in [-0.05, 0) is 6.08 Å². The topological polar surface area (TPSA) is 104 Å². The van der Waals surface area contributed by atoms with Crippen LogP contribution < -0.4 is 5.32 Å². The Bertz CT molecular complexity index is 278. The predicted octanol–water partition coefficient (Wildman–Crippen LogP) is -0.440. The van der Waals surface area contributed by atoms with Gasteiger partial charge in [-0.15, -0.1) is 11.8 Å². The van der Waals surface area contributed by atoms with Crippen LogP contribution in [-0.2, 0) is 14.4 Å². The van der Waals surface area contributed by atoms with Gasteiger partial charge in [-0.3, -0.25) is 9.59 Å². The molecule has 0 heterocycles. The van der Waals surface area contributed by atoms with E-state index < -0.39 is 23.9 Å². The molecule has 0 aromatic heterocycles. The fraction of sp³-hybridized carbons (Fsp3) is 0.375. The second-order valence-electron chi connectivity index (χ2n) is 2.51. The first-order chi connectivity index (χ1) is 6.97. The molecule has 0 aromatic carbocycles.